The average molecular weight is 244 g/mol. The summed E-state index contributed by atoms with van der Waals surface area (Å²) in [4.78, 5) is 19.9. The van der Waals surface area contributed by atoms with Gasteiger partial charge in [0.25, 0.3) is 5.91 Å². The van der Waals surface area contributed by atoms with Gasteiger partial charge in [0.2, 0.25) is 0 Å². The van der Waals surface area contributed by atoms with Gasteiger partial charge in [-0.05, 0) is 26.0 Å². The maximum Gasteiger partial charge on any atom is 0.271 e. The van der Waals surface area contributed by atoms with Crippen molar-refractivity contribution in [2.45, 2.75) is 20.4 Å². The molecule has 94 valence electrons. The van der Waals surface area contributed by atoms with Gasteiger partial charge in [0.05, 0.1) is 18.4 Å². The molecule has 2 aromatic rings. The Morgan fingerprint density at radius 2 is 2.06 bits per heavy atom. The summed E-state index contributed by atoms with van der Waals surface area (Å²) in [6.45, 7) is 4.34. The predicted molar refractivity (Wildman–Crippen MR) is 68.1 cm³/mol. The zero-order valence-electron chi connectivity index (χ0n) is 10.8. The maximum absolute atomic E-state index is 11.8. The number of hydrogen-bond donors (Lipinski definition) is 1. The normalized spacial score (nSPS) is 10.4. The van der Waals surface area contributed by atoms with Crippen LogP contribution >= 0.6 is 0 Å². The van der Waals surface area contributed by atoms with Gasteiger partial charge in [0.15, 0.2) is 0 Å². The number of nitrogens with one attached hydrogen (secondary N) is 1. The molecule has 0 radical (unpaired) electrons. The molecule has 18 heavy (non-hydrogen) atoms. The Hall–Kier alpha value is -2.17. The summed E-state index contributed by atoms with van der Waals surface area (Å²) < 4.78 is 2.04. The van der Waals surface area contributed by atoms with E-state index in [-0.39, 0.29) is 5.91 Å². The number of aromatic nitrogens is 3. The Bertz CT molecular complexity index is 557. The third kappa shape index (κ3) is 2.56. The lowest BCUT2D eigenvalue weighted by Crippen LogP contribution is -2.25. The number of carbonyl (C=O) groups is 1. The molecule has 0 fully saturated rings. The topological polar surface area (TPSA) is 59.8 Å². The van der Waals surface area contributed by atoms with Crippen molar-refractivity contribution in [3.63, 3.8) is 0 Å². The molecular weight excluding hydrogens is 228 g/mol. The zero-order valence-corrected chi connectivity index (χ0v) is 10.8. The highest BCUT2D eigenvalue weighted by Gasteiger charge is 2.08. The van der Waals surface area contributed by atoms with Crippen molar-refractivity contribution in [2.24, 2.45) is 7.05 Å². The van der Waals surface area contributed by atoms with Crippen LogP contribution in [0.3, 0.4) is 0 Å². The van der Waals surface area contributed by atoms with Crippen LogP contribution in [0.1, 0.15) is 27.6 Å². The molecule has 2 heterocycles. The lowest BCUT2D eigenvalue weighted by Gasteiger charge is -2.07. The molecule has 1 amide bonds. The molecule has 2 rings (SSSR count). The van der Waals surface area contributed by atoms with Crippen LogP contribution < -0.4 is 5.32 Å². The fourth-order valence-corrected chi connectivity index (χ4v) is 1.62. The van der Waals surface area contributed by atoms with Crippen LogP contribution in [0, 0.1) is 13.8 Å². The molecule has 0 unspecified atom stereocenters. The molecule has 0 aliphatic heterocycles. The molecule has 1 N–H and O–H groups in total. The molecule has 5 nitrogen and oxygen atoms in total. The van der Waals surface area contributed by atoms with E-state index < -0.39 is 0 Å². The van der Waals surface area contributed by atoms with Crippen molar-refractivity contribution in [3.8, 4) is 0 Å². The molecule has 0 aliphatic rings. The number of rotatable bonds is 3. The Kier molecular flexibility index (Phi) is 3.41. The maximum atomic E-state index is 11.8. The van der Waals surface area contributed by atoms with Crippen LogP contribution in [0.15, 0.2) is 24.5 Å². The van der Waals surface area contributed by atoms with Gasteiger partial charge in [-0.15, -0.1) is 0 Å². The second kappa shape index (κ2) is 5.00. The van der Waals surface area contributed by atoms with Crippen molar-refractivity contribution in [1.29, 1.82) is 0 Å². The van der Waals surface area contributed by atoms with Crippen LogP contribution in [0.25, 0.3) is 0 Å². The molecule has 2 aromatic heterocycles. The Morgan fingerprint density at radius 3 is 2.61 bits per heavy atom. The average Bonchev–Trinajstić information content (AvgIpc) is 2.68. The van der Waals surface area contributed by atoms with E-state index >= 15 is 0 Å². The molecule has 0 bridgehead atoms. The van der Waals surface area contributed by atoms with Crippen molar-refractivity contribution < 1.29 is 4.79 Å². The van der Waals surface area contributed by atoms with Gasteiger partial charge in [0, 0.05) is 24.6 Å². The van der Waals surface area contributed by atoms with E-state index in [0.29, 0.717) is 12.2 Å². The van der Waals surface area contributed by atoms with Gasteiger partial charge >= 0.3 is 0 Å². The number of nitrogens with zero attached hydrogens (tertiary/aromatic N) is 3. The minimum Gasteiger partial charge on any atom is -0.350 e. The van der Waals surface area contributed by atoms with Gasteiger partial charge in [-0.3, -0.25) is 9.78 Å². The molecule has 0 aromatic carbocycles. The Balaban J connectivity index is 2.00. The summed E-state index contributed by atoms with van der Waals surface area (Å²) in [5, 5.41) is 2.83. The molecular formula is C13H16N4O. The van der Waals surface area contributed by atoms with E-state index in [9.17, 15) is 4.79 Å². The highest BCUT2D eigenvalue weighted by atomic mass is 16.1. The van der Waals surface area contributed by atoms with E-state index in [1.165, 1.54) is 6.20 Å². The SMILES string of the molecule is Cc1cnc(C(=O)NCc2ccc(C)n2C)cn1. The van der Waals surface area contributed by atoms with E-state index in [0.717, 1.165) is 17.1 Å². The summed E-state index contributed by atoms with van der Waals surface area (Å²) in [6, 6.07) is 4.02. The van der Waals surface area contributed by atoms with E-state index in [1.54, 1.807) is 6.20 Å². The van der Waals surface area contributed by atoms with E-state index in [4.69, 9.17) is 0 Å². The molecule has 0 spiro atoms. The summed E-state index contributed by atoms with van der Waals surface area (Å²) in [5.74, 6) is -0.207. The van der Waals surface area contributed by atoms with Crippen molar-refractivity contribution in [2.75, 3.05) is 0 Å². The van der Waals surface area contributed by atoms with Gasteiger partial charge in [-0.25, -0.2) is 4.98 Å². The number of hydrogen-bond acceptors (Lipinski definition) is 3. The van der Waals surface area contributed by atoms with E-state index in [1.807, 2.05) is 37.6 Å². The highest BCUT2D eigenvalue weighted by Crippen LogP contribution is 2.05. The van der Waals surface area contributed by atoms with Crippen molar-refractivity contribution >= 4 is 5.91 Å². The number of aryl methyl sites for hydroxylation is 2. The van der Waals surface area contributed by atoms with Gasteiger partial charge in [0.1, 0.15) is 5.69 Å². The van der Waals surface area contributed by atoms with Crippen LogP contribution in [0.5, 0.6) is 0 Å². The van der Waals surface area contributed by atoms with Crippen LogP contribution in [-0.2, 0) is 13.6 Å². The second-order valence-electron chi connectivity index (χ2n) is 4.25. The smallest absolute Gasteiger partial charge is 0.271 e. The predicted octanol–water partition coefficient (Wildman–Crippen LogP) is 1.36. The second-order valence-corrected chi connectivity index (χ2v) is 4.25. The first-order chi connectivity index (χ1) is 8.58. The molecule has 5 heteroatoms. The minimum atomic E-state index is -0.207. The van der Waals surface area contributed by atoms with E-state index in [2.05, 4.69) is 15.3 Å². The third-order valence-electron chi connectivity index (χ3n) is 2.92. The summed E-state index contributed by atoms with van der Waals surface area (Å²) in [5.41, 5.74) is 3.35. The standard InChI is InChI=1S/C13H16N4O/c1-9-6-15-12(8-14-9)13(18)16-7-11-5-4-10(2)17(11)3/h4-6,8H,7H2,1-3H3,(H,16,18). The number of carbonyl (C=O) groups excluding carboxylic acids is 1. The first-order valence-electron chi connectivity index (χ1n) is 5.76. The quantitative estimate of drug-likeness (QED) is 0.887. The summed E-state index contributed by atoms with van der Waals surface area (Å²) in [6.07, 6.45) is 3.07. The fourth-order valence-electron chi connectivity index (χ4n) is 1.62. The lowest BCUT2D eigenvalue weighted by molar-refractivity contribution is 0.0944. The molecule has 0 aliphatic carbocycles. The summed E-state index contributed by atoms with van der Waals surface area (Å²) in [7, 11) is 1.97. The molecule has 0 saturated carbocycles. The molecule has 0 saturated heterocycles. The minimum absolute atomic E-state index is 0.207. The monoisotopic (exact) mass is 244 g/mol. The first-order valence-corrected chi connectivity index (χ1v) is 5.76. The Labute approximate surface area is 106 Å². The summed E-state index contributed by atoms with van der Waals surface area (Å²) >= 11 is 0. The van der Waals surface area contributed by atoms with Gasteiger partial charge in [-0.2, -0.15) is 0 Å². The van der Waals surface area contributed by atoms with Crippen molar-refractivity contribution in [1.82, 2.24) is 19.9 Å². The first kappa shape index (κ1) is 12.3. The van der Waals surface area contributed by atoms with Gasteiger partial charge in [-0.1, -0.05) is 0 Å². The third-order valence-corrected chi connectivity index (χ3v) is 2.92. The molecule has 0 atom stereocenters. The fraction of sp³-hybridized carbons (Fsp3) is 0.308. The lowest BCUT2D eigenvalue weighted by atomic mass is 10.3. The van der Waals surface area contributed by atoms with Crippen LogP contribution in [-0.4, -0.2) is 20.4 Å². The zero-order chi connectivity index (χ0) is 13.1. The number of amides is 1. The Morgan fingerprint density at radius 1 is 1.28 bits per heavy atom. The van der Waals surface area contributed by atoms with Gasteiger partial charge < -0.3 is 9.88 Å². The van der Waals surface area contributed by atoms with Crippen molar-refractivity contribution in [3.05, 3.63) is 47.3 Å². The van der Waals surface area contributed by atoms with Crippen LogP contribution in [0.2, 0.25) is 0 Å². The van der Waals surface area contributed by atoms with Crippen LogP contribution in [0.4, 0.5) is 0 Å². The highest BCUT2D eigenvalue weighted by molar-refractivity contribution is 5.91. The largest absolute Gasteiger partial charge is 0.350 e.